The summed E-state index contributed by atoms with van der Waals surface area (Å²) in [5.41, 5.74) is 1.50. The third kappa shape index (κ3) is 4.31. The van der Waals surface area contributed by atoms with E-state index in [0.29, 0.717) is 17.5 Å². The van der Waals surface area contributed by atoms with Crippen molar-refractivity contribution in [2.75, 3.05) is 25.5 Å². The first-order valence-electron chi connectivity index (χ1n) is 9.07. The van der Waals surface area contributed by atoms with Gasteiger partial charge in [-0.25, -0.2) is 0 Å². The van der Waals surface area contributed by atoms with Crippen LogP contribution in [0.1, 0.15) is 37.7 Å². The van der Waals surface area contributed by atoms with Gasteiger partial charge in [-0.1, -0.05) is 18.9 Å². The molecule has 0 spiro atoms. The summed E-state index contributed by atoms with van der Waals surface area (Å²) in [6.07, 6.45) is 6.03. The summed E-state index contributed by atoms with van der Waals surface area (Å²) < 4.78 is 5.23. The Balaban J connectivity index is 1.53. The number of rotatable bonds is 4. The van der Waals surface area contributed by atoms with Crippen LogP contribution in [0.2, 0.25) is 0 Å². The summed E-state index contributed by atoms with van der Waals surface area (Å²) in [5.74, 6) is -0.690. The Kier molecular flexibility index (Phi) is 5.58. The van der Waals surface area contributed by atoms with Crippen LogP contribution in [0.5, 0.6) is 5.75 Å². The fourth-order valence-electron chi connectivity index (χ4n) is 3.86. The van der Waals surface area contributed by atoms with Crippen molar-refractivity contribution in [2.45, 2.75) is 51.1 Å². The van der Waals surface area contributed by atoms with Crippen molar-refractivity contribution in [1.29, 1.82) is 0 Å². The Labute approximate surface area is 148 Å². The molecule has 2 aliphatic rings. The molecule has 2 N–H and O–H groups in total. The number of aryl methyl sites for hydroxylation is 1. The van der Waals surface area contributed by atoms with Gasteiger partial charge in [0.2, 0.25) is 0 Å². The summed E-state index contributed by atoms with van der Waals surface area (Å²) in [7, 11) is 1.54. The van der Waals surface area contributed by atoms with Crippen molar-refractivity contribution in [2.24, 2.45) is 0 Å². The summed E-state index contributed by atoms with van der Waals surface area (Å²) in [4.78, 5) is 26.9. The summed E-state index contributed by atoms with van der Waals surface area (Å²) in [5, 5.41) is 5.52. The third-order valence-corrected chi connectivity index (χ3v) is 5.21. The summed E-state index contributed by atoms with van der Waals surface area (Å²) >= 11 is 0. The molecule has 0 radical (unpaired) electrons. The number of amides is 2. The van der Waals surface area contributed by atoms with E-state index in [1.54, 1.807) is 12.1 Å². The Morgan fingerprint density at radius 3 is 2.64 bits per heavy atom. The standard InChI is InChI=1S/C19H27N3O3/c1-13-7-8-17(25-2)16(11-13)21-19(24)18(23)20-14-9-10-22(12-14)15-5-3-4-6-15/h7-8,11,14-15H,3-6,9-10,12H2,1-2H3,(H,20,23)(H,21,24)/t14-/m0/s1. The second-order valence-electron chi connectivity index (χ2n) is 7.05. The zero-order valence-corrected chi connectivity index (χ0v) is 15.0. The molecule has 136 valence electrons. The molecule has 25 heavy (non-hydrogen) atoms. The predicted molar refractivity (Wildman–Crippen MR) is 96.7 cm³/mol. The molecule has 0 aromatic heterocycles. The minimum atomic E-state index is -0.650. The zero-order chi connectivity index (χ0) is 17.8. The highest BCUT2D eigenvalue weighted by Crippen LogP contribution is 2.27. The van der Waals surface area contributed by atoms with Crippen LogP contribution in [0.3, 0.4) is 0 Å². The number of carbonyl (C=O) groups is 2. The third-order valence-electron chi connectivity index (χ3n) is 5.21. The first kappa shape index (κ1) is 17.7. The van der Waals surface area contributed by atoms with Crippen molar-refractivity contribution in [1.82, 2.24) is 10.2 Å². The molecule has 1 heterocycles. The van der Waals surface area contributed by atoms with Crippen LogP contribution in [0.4, 0.5) is 5.69 Å². The molecular weight excluding hydrogens is 318 g/mol. The Morgan fingerprint density at radius 2 is 1.92 bits per heavy atom. The molecule has 1 atom stereocenters. The van der Waals surface area contributed by atoms with Gasteiger partial charge >= 0.3 is 11.8 Å². The molecule has 1 aliphatic carbocycles. The largest absolute Gasteiger partial charge is 0.495 e. The van der Waals surface area contributed by atoms with Gasteiger partial charge in [-0.15, -0.1) is 0 Å². The van der Waals surface area contributed by atoms with Crippen molar-refractivity contribution in [3.05, 3.63) is 23.8 Å². The topological polar surface area (TPSA) is 70.7 Å². The van der Waals surface area contributed by atoms with Crippen LogP contribution >= 0.6 is 0 Å². The van der Waals surface area contributed by atoms with E-state index in [9.17, 15) is 9.59 Å². The second kappa shape index (κ2) is 7.87. The number of nitrogens with one attached hydrogen (secondary N) is 2. The maximum absolute atomic E-state index is 12.2. The number of carbonyl (C=O) groups excluding carboxylic acids is 2. The Bertz CT molecular complexity index is 641. The molecule has 1 saturated carbocycles. The molecule has 0 unspecified atom stereocenters. The highest BCUT2D eigenvalue weighted by molar-refractivity contribution is 6.39. The van der Waals surface area contributed by atoms with Gasteiger partial charge < -0.3 is 15.4 Å². The van der Waals surface area contributed by atoms with Crippen LogP contribution in [0, 0.1) is 6.92 Å². The predicted octanol–water partition coefficient (Wildman–Crippen LogP) is 2.08. The van der Waals surface area contributed by atoms with E-state index in [1.165, 1.54) is 32.8 Å². The lowest BCUT2D eigenvalue weighted by Gasteiger charge is -2.23. The molecular formula is C19H27N3O3. The van der Waals surface area contributed by atoms with Gasteiger partial charge in [0.1, 0.15) is 5.75 Å². The number of nitrogens with zero attached hydrogens (tertiary/aromatic N) is 1. The van der Waals surface area contributed by atoms with E-state index < -0.39 is 11.8 Å². The highest BCUT2D eigenvalue weighted by atomic mass is 16.5. The maximum atomic E-state index is 12.2. The van der Waals surface area contributed by atoms with Gasteiger partial charge in [0.25, 0.3) is 0 Å². The first-order valence-corrected chi connectivity index (χ1v) is 9.07. The van der Waals surface area contributed by atoms with E-state index in [-0.39, 0.29) is 6.04 Å². The summed E-state index contributed by atoms with van der Waals surface area (Å²) in [6.45, 7) is 3.77. The normalized spacial score (nSPS) is 21.3. The zero-order valence-electron chi connectivity index (χ0n) is 15.0. The molecule has 2 amide bonds. The van der Waals surface area contributed by atoms with Gasteiger partial charge in [-0.2, -0.15) is 0 Å². The van der Waals surface area contributed by atoms with Gasteiger partial charge in [-0.05, 0) is 43.9 Å². The van der Waals surface area contributed by atoms with Crippen molar-refractivity contribution in [3.63, 3.8) is 0 Å². The van der Waals surface area contributed by atoms with Crippen LogP contribution in [-0.4, -0.2) is 49.0 Å². The van der Waals surface area contributed by atoms with Gasteiger partial charge in [0.15, 0.2) is 0 Å². The number of benzene rings is 1. The number of hydrogen-bond acceptors (Lipinski definition) is 4. The lowest BCUT2D eigenvalue weighted by Crippen LogP contribution is -2.44. The smallest absolute Gasteiger partial charge is 0.313 e. The molecule has 6 nitrogen and oxygen atoms in total. The monoisotopic (exact) mass is 345 g/mol. The minimum absolute atomic E-state index is 0.0539. The number of anilines is 1. The fraction of sp³-hybridized carbons (Fsp3) is 0.579. The van der Waals surface area contributed by atoms with Crippen molar-refractivity contribution >= 4 is 17.5 Å². The number of methoxy groups -OCH3 is 1. The number of hydrogen-bond donors (Lipinski definition) is 2. The van der Waals surface area contributed by atoms with Gasteiger partial charge in [0.05, 0.1) is 12.8 Å². The van der Waals surface area contributed by atoms with Crippen LogP contribution in [0.15, 0.2) is 18.2 Å². The van der Waals surface area contributed by atoms with E-state index in [0.717, 1.165) is 25.1 Å². The molecule has 3 rings (SSSR count). The Morgan fingerprint density at radius 1 is 1.16 bits per heavy atom. The average Bonchev–Trinajstić information content (AvgIpc) is 3.26. The van der Waals surface area contributed by atoms with Crippen LogP contribution in [0.25, 0.3) is 0 Å². The van der Waals surface area contributed by atoms with Crippen LogP contribution in [-0.2, 0) is 9.59 Å². The molecule has 1 saturated heterocycles. The molecule has 6 heteroatoms. The highest BCUT2D eigenvalue weighted by Gasteiger charge is 2.31. The lowest BCUT2D eigenvalue weighted by atomic mass is 10.2. The second-order valence-corrected chi connectivity index (χ2v) is 7.05. The van der Waals surface area contributed by atoms with E-state index >= 15 is 0 Å². The van der Waals surface area contributed by atoms with E-state index in [1.807, 2.05) is 13.0 Å². The minimum Gasteiger partial charge on any atom is -0.495 e. The SMILES string of the molecule is COc1ccc(C)cc1NC(=O)C(=O)N[C@H]1CCN(C2CCCC2)C1. The maximum Gasteiger partial charge on any atom is 0.313 e. The average molecular weight is 345 g/mol. The van der Waals surface area contributed by atoms with Crippen LogP contribution < -0.4 is 15.4 Å². The quantitative estimate of drug-likeness (QED) is 0.820. The van der Waals surface area contributed by atoms with E-state index in [2.05, 4.69) is 15.5 Å². The fourth-order valence-corrected chi connectivity index (χ4v) is 3.86. The summed E-state index contributed by atoms with van der Waals surface area (Å²) in [6, 6.07) is 6.18. The molecule has 2 fully saturated rings. The van der Waals surface area contributed by atoms with E-state index in [4.69, 9.17) is 4.74 Å². The first-order chi connectivity index (χ1) is 12.1. The van der Waals surface area contributed by atoms with Crippen molar-refractivity contribution in [3.8, 4) is 5.75 Å². The number of ether oxygens (including phenoxy) is 1. The Hall–Kier alpha value is -2.08. The van der Waals surface area contributed by atoms with Gasteiger partial charge in [-0.3, -0.25) is 14.5 Å². The molecule has 1 aromatic rings. The molecule has 0 bridgehead atoms. The lowest BCUT2D eigenvalue weighted by molar-refractivity contribution is -0.136. The number of likely N-dealkylation sites (tertiary alicyclic amines) is 1. The molecule has 1 aliphatic heterocycles. The van der Waals surface area contributed by atoms with Crippen molar-refractivity contribution < 1.29 is 14.3 Å². The van der Waals surface area contributed by atoms with Gasteiger partial charge in [0, 0.05) is 25.2 Å². The molecule has 1 aromatic carbocycles.